The first-order chi connectivity index (χ1) is 9.86. The van der Waals surface area contributed by atoms with Gasteiger partial charge in [0.2, 0.25) is 0 Å². The molecule has 0 atom stereocenters. The number of hydrogen-bond donors (Lipinski definition) is 0. The molecule has 1 fully saturated rings. The summed E-state index contributed by atoms with van der Waals surface area (Å²) in [7, 11) is 0. The zero-order valence-electron chi connectivity index (χ0n) is 11.1. The fourth-order valence-corrected chi connectivity index (χ4v) is 2.42. The summed E-state index contributed by atoms with van der Waals surface area (Å²) in [6, 6.07) is 6.00. The number of hydrogen-bond acceptors (Lipinski definition) is 5. The van der Waals surface area contributed by atoms with E-state index in [2.05, 4.69) is 24.8 Å². The van der Waals surface area contributed by atoms with Crippen molar-refractivity contribution in [2.24, 2.45) is 0 Å². The van der Waals surface area contributed by atoms with Crippen molar-refractivity contribution in [1.82, 2.24) is 15.0 Å². The van der Waals surface area contributed by atoms with Gasteiger partial charge in [0.15, 0.2) is 0 Å². The van der Waals surface area contributed by atoms with Crippen LogP contribution in [0.15, 0.2) is 36.8 Å². The molecule has 104 valence electrons. The van der Waals surface area contributed by atoms with Crippen molar-refractivity contribution >= 4 is 23.2 Å². The van der Waals surface area contributed by atoms with Crippen molar-refractivity contribution in [3.63, 3.8) is 0 Å². The molecule has 0 unspecified atom stereocenters. The fourth-order valence-electron chi connectivity index (χ4n) is 2.29. The van der Waals surface area contributed by atoms with Crippen LogP contribution in [-0.4, -0.2) is 41.1 Å². The molecule has 2 aromatic heterocycles. The molecule has 0 N–H and O–H groups in total. The van der Waals surface area contributed by atoms with E-state index in [9.17, 15) is 0 Å². The molecule has 6 heteroatoms. The highest BCUT2D eigenvalue weighted by Gasteiger charge is 2.18. The normalized spacial score (nSPS) is 15.4. The Labute approximate surface area is 123 Å². The number of halogens is 1. The van der Waals surface area contributed by atoms with E-state index in [1.165, 1.54) is 0 Å². The SMILES string of the molecule is ClCc1cnc(N2CCN(c3ccccn3)CC2)cn1. The van der Waals surface area contributed by atoms with Gasteiger partial charge in [-0.1, -0.05) is 6.07 Å². The largest absolute Gasteiger partial charge is 0.353 e. The third kappa shape index (κ3) is 2.82. The van der Waals surface area contributed by atoms with Crippen LogP contribution in [0.5, 0.6) is 0 Å². The zero-order valence-corrected chi connectivity index (χ0v) is 11.9. The highest BCUT2D eigenvalue weighted by Crippen LogP contribution is 2.16. The molecular formula is C14H16ClN5. The number of alkyl halides is 1. The second-order valence-corrected chi connectivity index (χ2v) is 4.93. The molecule has 0 spiro atoms. The number of aromatic nitrogens is 3. The number of rotatable bonds is 3. The van der Waals surface area contributed by atoms with Crippen LogP contribution in [0.25, 0.3) is 0 Å². The van der Waals surface area contributed by atoms with Gasteiger partial charge in [-0.3, -0.25) is 4.98 Å². The monoisotopic (exact) mass is 289 g/mol. The third-order valence-corrected chi connectivity index (χ3v) is 3.68. The summed E-state index contributed by atoms with van der Waals surface area (Å²) in [5.74, 6) is 2.36. The quantitative estimate of drug-likeness (QED) is 0.808. The Morgan fingerprint density at radius 3 is 2.20 bits per heavy atom. The molecule has 1 aliphatic rings. The zero-order chi connectivity index (χ0) is 13.8. The Bertz CT molecular complexity index is 537. The molecule has 0 radical (unpaired) electrons. The summed E-state index contributed by atoms with van der Waals surface area (Å²) < 4.78 is 0. The van der Waals surface area contributed by atoms with Crippen LogP contribution in [0.4, 0.5) is 11.6 Å². The lowest BCUT2D eigenvalue weighted by Gasteiger charge is -2.35. The molecular weight excluding hydrogens is 274 g/mol. The predicted molar refractivity (Wildman–Crippen MR) is 80.3 cm³/mol. The smallest absolute Gasteiger partial charge is 0.147 e. The lowest BCUT2D eigenvalue weighted by atomic mass is 10.3. The summed E-state index contributed by atoms with van der Waals surface area (Å²) in [6.45, 7) is 3.73. The summed E-state index contributed by atoms with van der Waals surface area (Å²) in [6.07, 6.45) is 5.37. The highest BCUT2D eigenvalue weighted by molar-refractivity contribution is 6.16. The minimum absolute atomic E-state index is 0.404. The average molecular weight is 290 g/mol. The van der Waals surface area contributed by atoms with Crippen LogP contribution < -0.4 is 9.80 Å². The molecule has 5 nitrogen and oxygen atoms in total. The molecule has 0 bridgehead atoms. The van der Waals surface area contributed by atoms with E-state index in [-0.39, 0.29) is 0 Å². The maximum Gasteiger partial charge on any atom is 0.147 e. The van der Waals surface area contributed by atoms with Crippen molar-refractivity contribution in [3.05, 3.63) is 42.5 Å². The maximum absolute atomic E-state index is 5.72. The lowest BCUT2D eigenvalue weighted by Crippen LogP contribution is -2.47. The first-order valence-corrected chi connectivity index (χ1v) is 7.18. The van der Waals surface area contributed by atoms with Crippen molar-refractivity contribution in [3.8, 4) is 0 Å². The van der Waals surface area contributed by atoms with Crippen LogP contribution in [-0.2, 0) is 5.88 Å². The molecule has 1 saturated heterocycles. The van der Waals surface area contributed by atoms with Gasteiger partial charge in [0.25, 0.3) is 0 Å². The van der Waals surface area contributed by atoms with Crippen LogP contribution in [0.2, 0.25) is 0 Å². The summed E-state index contributed by atoms with van der Waals surface area (Å²) >= 11 is 5.72. The average Bonchev–Trinajstić information content (AvgIpc) is 2.56. The second-order valence-electron chi connectivity index (χ2n) is 4.66. The second kappa shape index (κ2) is 6.05. The van der Waals surface area contributed by atoms with Crippen LogP contribution >= 0.6 is 11.6 Å². The number of pyridine rings is 1. The Morgan fingerprint density at radius 2 is 1.65 bits per heavy atom. The summed E-state index contributed by atoms with van der Waals surface area (Å²) in [5.41, 5.74) is 0.808. The Morgan fingerprint density at radius 1 is 0.900 bits per heavy atom. The van der Waals surface area contributed by atoms with Crippen molar-refractivity contribution < 1.29 is 0 Å². The van der Waals surface area contributed by atoms with Gasteiger partial charge in [0, 0.05) is 32.4 Å². The molecule has 0 amide bonds. The maximum atomic E-state index is 5.72. The van der Waals surface area contributed by atoms with E-state index < -0.39 is 0 Å². The first kappa shape index (κ1) is 13.1. The van der Waals surface area contributed by atoms with Gasteiger partial charge in [0.05, 0.1) is 24.0 Å². The topological polar surface area (TPSA) is 45.2 Å². The lowest BCUT2D eigenvalue weighted by molar-refractivity contribution is 0.640. The number of nitrogens with zero attached hydrogens (tertiary/aromatic N) is 5. The molecule has 1 aliphatic heterocycles. The van der Waals surface area contributed by atoms with Crippen molar-refractivity contribution in [1.29, 1.82) is 0 Å². The minimum Gasteiger partial charge on any atom is -0.353 e. The third-order valence-electron chi connectivity index (χ3n) is 3.41. The fraction of sp³-hybridized carbons (Fsp3) is 0.357. The Hall–Kier alpha value is -1.88. The van der Waals surface area contributed by atoms with E-state index >= 15 is 0 Å². The van der Waals surface area contributed by atoms with E-state index in [0.717, 1.165) is 43.5 Å². The standard InChI is InChI=1S/C14H16ClN5/c15-9-12-10-18-14(11-17-12)20-7-5-19(6-8-20)13-3-1-2-4-16-13/h1-4,10-11H,5-9H2. The van der Waals surface area contributed by atoms with Crippen LogP contribution in [0.3, 0.4) is 0 Å². The van der Waals surface area contributed by atoms with Crippen molar-refractivity contribution in [2.45, 2.75) is 5.88 Å². The summed E-state index contributed by atoms with van der Waals surface area (Å²) in [4.78, 5) is 17.6. The summed E-state index contributed by atoms with van der Waals surface area (Å²) in [5, 5.41) is 0. The molecule has 3 heterocycles. The molecule has 20 heavy (non-hydrogen) atoms. The van der Waals surface area contributed by atoms with Gasteiger partial charge >= 0.3 is 0 Å². The van der Waals surface area contributed by atoms with Gasteiger partial charge in [0.1, 0.15) is 11.6 Å². The van der Waals surface area contributed by atoms with Gasteiger partial charge < -0.3 is 9.80 Å². The van der Waals surface area contributed by atoms with Crippen LogP contribution in [0.1, 0.15) is 5.69 Å². The number of anilines is 2. The van der Waals surface area contributed by atoms with Gasteiger partial charge in [-0.15, -0.1) is 11.6 Å². The van der Waals surface area contributed by atoms with E-state index in [0.29, 0.717) is 5.88 Å². The number of piperazine rings is 1. The molecule has 0 aromatic carbocycles. The highest BCUT2D eigenvalue weighted by atomic mass is 35.5. The van der Waals surface area contributed by atoms with Gasteiger partial charge in [-0.2, -0.15) is 0 Å². The molecule has 0 aliphatic carbocycles. The molecule has 3 rings (SSSR count). The Balaban J connectivity index is 1.63. The Kier molecular flexibility index (Phi) is 3.97. The van der Waals surface area contributed by atoms with Crippen LogP contribution in [0, 0.1) is 0 Å². The van der Waals surface area contributed by atoms with Gasteiger partial charge in [-0.25, -0.2) is 9.97 Å². The van der Waals surface area contributed by atoms with E-state index in [4.69, 9.17) is 11.6 Å². The molecule has 2 aromatic rings. The van der Waals surface area contributed by atoms with E-state index in [1.54, 1.807) is 12.4 Å². The van der Waals surface area contributed by atoms with E-state index in [1.807, 2.05) is 24.4 Å². The minimum atomic E-state index is 0.404. The predicted octanol–water partition coefficient (Wildman–Crippen LogP) is 1.94. The first-order valence-electron chi connectivity index (χ1n) is 6.64. The van der Waals surface area contributed by atoms with Gasteiger partial charge in [-0.05, 0) is 12.1 Å². The molecule has 0 saturated carbocycles. The van der Waals surface area contributed by atoms with Crippen molar-refractivity contribution in [2.75, 3.05) is 36.0 Å².